The smallest absolute Gasteiger partial charge is 0.196 e. The van der Waals surface area contributed by atoms with Gasteiger partial charge in [0.15, 0.2) is 11.6 Å². The Hall–Kier alpha value is -6.84. The van der Waals surface area contributed by atoms with Crippen LogP contribution in [0.1, 0.15) is 22.3 Å². The van der Waals surface area contributed by atoms with Gasteiger partial charge in [-0.3, -0.25) is 0 Å². The molecule has 0 spiro atoms. The van der Waals surface area contributed by atoms with Crippen LogP contribution in [0.3, 0.4) is 0 Å². The standard InChI is InChI=1S/C49H32N2O/c1-4-15-33(16-5-1)34-27-29-35(30-28-34)43-32-44(51-48(50-43)46-31-36-17-10-13-26-45(36)52-46)40-23-14-25-42-47(40)39-22-11-12-24-41(39)49(42,37-18-6-2-7-19-37)38-20-8-3-9-21-38/h1-32H. The number of hydrogen-bond acceptors (Lipinski definition) is 3. The van der Waals surface area contributed by atoms with Gasteiger partial charge in [-0.25, -0.2) is 9.97 Å². The van der Waals surface area contributed by atoms with Gasteiger partial charge in [0.2, 0.25) is 0 Å². The number of para-hydroxylation sites is 1. The van der Waals surface area contributed by atoms with Crippen LogP contribution in [0.4, 0.5) is 0 Å². The predicted molar refractivity (Wildman–Crippen MR) is 211 cm³/mol. The first-order chi connectivity index (χ1) is 25.8. The Morgan fingerprint density at radius 1 is 0.404 bits per heavy atom. The average molecular weight is 665 g/mol. The Bertz CT molecular complexity index is 2640. The van der Waals surface area contributed by atoms with Gasteiger partial charge in [0.25, 0.3) is 0 Å². The summed E-state index contributed by atoms with van der Waals surface area (Å²) in [6.07, 6.45) is 0. The van der Waals surface area contributed by atoms with E-state index in [0.717, 1.165) is 39.0 Å². The Morgan fingerprint density at radius 2 is 0.962 bits per heavy atom. The van der Waals surface area contributed by atoms with Gasteiger partial charge in [-0.15, -0.1) is 0 Å². The SMILES string of the molecule is c1ccc(-c2ccc(-c3cc(-c4cccc5c4-c4ccccc4C5(c4ccccc4)c4ccccc4)nc(-c4cc5ccccc5o4)n3)cc2)cc1. The van der Waals surface area contributed by atoms with Gasteiger partial charge in [0.1, 0.15) is 5.58 Å². The Kier molecular flexibility index (Phi) is 7.04. The molecule has 1 aliphatic carbocycles. The lowest BCUT2D eigenvalue weighted by molar-refractivity contribution is 0.625. The molecule has 9 aromatic rings. The molecule has 0 fully saturated rings. The van der Waals surface area contributed by atoms with Gasteiger partial charge >= 0.3 is 0 Å². The molecule has 3 heteroatoms. The van der Waals surface area contributed by atoms with Gasteiger partial charge < -0.3 is 4.42 Å². The highest BCUT2D eigenvalue weighted by Crippen LogP contribution is 2.58. The van der Waals surface area contributed by atoms with Crippen LogP contribution in [0.2, 0.25) is 0 Å². The van der Waals surface area contributed by atoms with Crippen LogP contribution < -0.4 is 0 Å². The lowest BCUT2D eigenvalue weighted by atomic mass is 9.67. The van der Waals surface area contributed by atoms with E-state index in [-0.39, 0.29) is 0 Å². The molecular weight excluding hydrogens is 633 g/mol. The summed E-state index contributed by atoms with van der Waals surface area (Å²) in [5.41, 5.74) is 13.7. The molecule has 0 atom stereocenters. The molecule has 0 aliphatic heterocycles. The fourth-order valence-electron chi connectivity index (χ4n) is 8.11. The molecule has 0 bridgehead atoms. The van der Waals surface area contributed by atoms with E-state index < -0.39 is 5.41 Å². The highest BCUT2D eigenvalue weighted by Gasteiger charge is 2.46. The number of benzene rings is 7. The van der Waals surface area contributed by atoms with E-state index in [2.05, 4.69) is 164 Å². The third kappa shape index (κ3) is 4.74. The maximum Gasteiger partial charge on any atom is 0.196 e. The van der Waals surface area contributed by atoms with Crippen LogP contribution in [-0.4, -0.2) is 9.97 Å². The molecule has 10 rings (SSSR count). The Balaban J connectivity index is 1.22. The highest BCUT2D eigenvalue weighted by molar-refractivity contribution is 5.95. The van der Waals surface area contributed by atoms with E-state index in [9.17, 15) is 0 Å². The number of hydrogen-bond donors (Lipinski definition) is 0. The van der Waals surface area contributed by atoms with Crippen LogP contribution in [0, 0.1) is 0 Å². The normalized spacial score (nSPS) is 12.8. The summed E-state index contributed by atoms with van der Waals surface area (Å²) in [4.78, 5) is 10.5. The minimum Gasteiger partial charge on any atom is -0.453 e. The summed E-state index contributed by atoms with van der Waals surface area (Å²) in [5, 5.41) is 1.02. The molecular formula is C49H32N2O. The van der Waals surface area contributed by atoms with Gasteiger partial charge in [-0.2, -0.15) is 0 Å². The van der Waals surface area contributed by atoms with Crippen molar-refractivity contribution in [2.45, 2.75) is 5.41 Å². The predicted octanol–water partition coefficient (Wildman–Crippen LogP) is 12.3. The second kappa shape index (κ2) is 12.2. The molecule has 1 aliphatic rings. The molecule has 52 heavy (non-hydrogen) atoms. The van der Waals surface area contributed by atoms with E-state index in [1.165, 1.54) is 38.9 Å². The quantitative estimate of drug-likeness (QED) is 0.178. The van der Waals surface area contributed by atoms with Gasteiger partial charge in [-0.1, -0.05) is 176 Å². The number of fused-ring (bicyclic) bond motifs is 4. The molecule has 0 saturated heterocycles. The van der Waals surface area contributed by atoms with Crippen LogP contribution in [-0.2, 0) is 5.41 Å². The summed E-state index contributed by atoms with van der Waals surface area (Å²) in [6, 6.07) is 68.6. The monoisotopic (exact) mass is 664 g/mol. The van der Waals surface area contributed by atoms with Crippen molar-refractivity contribution < 1.29 is 4.42 Å². The molecule has 0 saturated carbocycles. The third-order valence-corrected chi connectivity index (χ3v) is 10.4. The maximum absolute atomic E-state index is 6.39. The van der Waals surface area contributed by atoms with Gasteiger partial charge in [0, 0.05) is 16.5 Å². The van der Waals surface area contributed by atoms with Crippen molar-refractivity contribution in [2.24, 2.45) is 0 Å². The minimum absolute atomic E-state index is 0.505. The van der Waals surface area contributed by atoms with Crippen LogP contribution >= 0.6 is 0 Å². The topological polar surface area (TPSA) is 38.9 Å². The first kappa shape index (κ1) is 30.0. The lowest BCUT2D eigenvalue weighted by Crippen LogP contribution is -2.28. The first-order valence-corrected chi connectivity index (χ1v) is 17.7. The van der Waals surface area contributed by atoms with Crippen LogP contribution in [0.25, 0.3) is 67.3 Å². The first-order valence-electron chi connectivity index (χ1n) is 17.7. The van der Waals surface area contributed by atoms with Crippen molar-refractivity contribution >= 4 is 11.0 Å². The zero-order valence-electron chi connectivity index (χ0n) is 28.3. The van der Waals surface area contributed by atoms with Crippen molar-refractivity contribution in [3.63, 3.8) is 0 Å². The summed E-state index contributed by atoms with van der Waals surface area (Å²) in [7, 11) is 0. The summed E-state index contributed by atoms with van der Waals surface area (Å²) in [6.45, 7) is 0. The van der Waals surface area contributed by atoms with E-state index >= 15 is 0 Å². The molecule has 2 aromatic heterocycles. The molecule has 0 amide bonds. The van der Waals surface area contributed by atoms with Crippen LogP contribution in [0.15, 0.2) is 199 Å². The summed E-state index contributed by atoms with van der Waals surface area (Å²) < 4.78 is 6.39. The summed E-state index contributed by atoms with van der Waals surface area (Å²) >= 11 is 0. The van der Waals surface area contributed by atoms with Gasteiger partial charge in [0.05, 0.1) is 16.8 Å². The highest BCUT2D eigenvalue weighted by atomic mass is 16.3. The fourth-order valence-corrected chi connectivity index (χ4v) is 8.11. The number of rotatable bonds is 6. The molecule has 7 aromatic carbocycles. The molecule has 0 radical (unpaired) electrons. The number of aromatic nitrogens is 2. The van der Waals surface area contributed by atoms with E-state index in [1.807, 2.05) is 30.3 Å². The zero-order chi connectivity index (χ0) is 34.5. The van der Waals surface area contributed by atoms with Crippen molar-refractivity contribution in [2.75, 3.05) is 0 Å². The molecule has 3 nitrogen and oxygen atoms in total. The molecule has 2 heterocycles. The average Bonchev–Trinajstić information content (AvgIpc) is 3.80. The zero-order valence-corrected chi connectivity index (χ0v) is 28.3. The number of nitrogens with zero attached hydrogens (tertiary/aromatic N) is 2. The van der Waals surface area contributed by atoms with Crippen molar-refractivity contribution in [3.05, 3.63) is 216 Å². The maximum atomic E-state index is 6.39. The Labute approximate surface area is 302 Å². The summed E-state index contributed by atoms with van der Waals surface area (Å²) in [5.74, 6) is 1.19. The molecule has 0 unspecified atom stereocenters. The van der Waals surface area contributed by atoms with Crippen molar-refractivity contribution in [3.8, 4) is 56.4 Å². The molecule has 0 N–H and O–H groups in total. The minimum atomic E-state index is -0.505. The Morgan fingerprint density at radius 3 is 1.69 bits per heavy atom. The number of furan rings is 1. The molecule has 244 valence electrons. The van der Waals surface area contributed by atoms with Crippen molar-refractivity contribution in [1.29, 1.82) is 0 Å². The van der Waals surface area contributed by atoms with E-state index in [1.54, 1.807) is 0 Å². The lowest BCUT2D eigenvalue weighted by Gasteiger charge is -2.33. The largest absolute Gasteiger partial charge is 0.453 e. The van der Waals surface area contributed by atoms with E-state index in [0.29, 0.717) is 11.6 Å². The third-order valence-electron chi connectivity index (χ3n) is 10.4. The van der Waals surface area contributed by atoms with Crippen LogP contribution in [0.5, 0.6) is 0 Å². The van der Waals surface area contributed by atoms with Crippen molar-refractivity contribution in [1.82, 2.24) is 9.97 Å². The second-order valence-corrected chi connectivity index (χ2v) is 13.3. The van der Waals surface area contributed by atoms with E-state index in [4.69, 9.17) is 14.4 Å². The second-order valence-electron chi connectivity index (χ2n) is 13.3. The van der Waals surface area contributed by atoms with Gasteiger partial charge in [-0.05, 0) is 62.7 Å². The fraction of sp³-hybridized carbons (Fsp3) is 0.0204.